The number of nitrogens with one attached hydrogen (secondary N) is 1. The molecule has 6 heteroatoms. The second-order valence-corrected chi connectivity index (χ2v) is 6.29. The number of amides is 1. The summed E-state index contributed by atoms with van der Waals surface area (Å²) < 4.78 is 11.0. The fourth-order valence-electron chi connectivity index (χ4n) is 1.67. The lowest BCUT2D eigenvalue weighted by Crippen LogP contribution is -2.33. The molecule has 0 radical (unpaired) electrons. The van der Waals surface area contributed by atoms with Gasteiger partial charge >= 0.3 is 5.97 Å². The van der Waals surface area contributed by atoms with Gasteiger partial charge in [0.2, 0.25) is 0 Å². The highest BCUT2D eigenvalue weighted by atomic mass is 32.2. The summed E-state index contributed by atoms with van der Waals surface area (Å²) in [4.78, 5) is 22.5. The van der Waals surface area contributed by atoms with Crippen LogP contribution in [0.2, 0.25) is 0 Å². The average molecular weight is 309 g/mol. The highest BCUT2D eigenvalue weighted by molar-refractivity contribution is 7.84. The minimum atomic E-state index is -1.04. The molecule has 0 bridgehead atoms. The number of carbonyl (C=O) groups is 2. The van der Waals surface area contributed by atoms with Crippen molar-refractivity contribution in [3.63, 3.8) is 0 Å². The van der Waals surface area contributed by atoms with Gasteiger partial charge in [-0.15, -0.1) is 0 Å². The molecule has 0 aliphatic carbocycles. The second-order valence-electron chi connectivity index (χ2n) is 4.74. The number of hydrogen-bond donors (Lipinski definition) is 2. The Kier molecular flexibility index (Phi) is 6.81. The zero-order valence-corrected chi connectivity index (χ0v) is 12.9. The Morgan fingerprint density at radius 2 is 2.14 bits per heavy atom. The van der Waals surface area contributed by atoms with Crippen molar-refractivity contribution in [2.45, 2.75) is 19.4 Å². The van der Waals surface area contributed by atoms with E-state index in [2.05, 4.69) is 5.32 Å². The number of hydrogen-bond acceptors (Lipinski definition) is 3. The van der Waals surface area contributed by atoms with E-state index in [-0.39, 0.29) is 11.9 Å². The van der Waals surface area contributed by atoms with Gasteiger partial charge in [-0.25, -0.2) is 4.79 Å². The van der Waals surface area contributed by atoms with Crippen molar-refractivity contribution in [1.82, 2.24) is 5.32 Å². The van der Waals surface area contributed by atoms with Gasteiger partial charge in [0, 0.05) is 40.5 Å². The maximum Gasteiger partial charge on any atom is 0.328 e. The molecule has 0 spiro atoms. The van der Waals surface area contributed by atoms with Crippen LogP contribution in [-0.4, -0.2) is 39.2 Å². The molecule has 0 aromatic heterocycles. The molecule has 1 aromatic carbocycles. The van der Waals surface area contributed by atoms with E-state index in [0.717, 1.165) is 6.08 Å². The predicted molar refractivity (Wildman–Crippen MR) is 83.6 cm³/mol. The third-order valence-electron chi connectivity index (χ3n) is 2.78. The fraction of sp³-hybridized carbons (Fsp3) is 0.333. The van der Waals surface area contributed by atoms with Gasteiger partial charge in [0.25, 0.3) is 5.91 Å². The molecule has 0 saturated carbocycles. The van der Waals surface area contributed by atoms with E-state index >= 15 is 0 Å². The summed E-state index contributed by atoms with van der Waals surface area (Å²) in [5, 5.41) is 11.4. The van der Waals surface area contributed by atoms with Crippen molar-refractivity contribution in [2.75, 3.05) is 12.0 Å². The average Bonchev–Trinajstić information content (AvgIpc) is 2.43. The van der Waals surface area contributed by atoms with Crippen LogP contribution in [0.15, 0.2) is 30.3 Å². The molecular formula is C15H19NO4S. The van der Waals surface area contributed by atoms with Crippen LogP contribution < -0.4 is 5.32 Å². The smallest absolute Gasteiger partial charge is 0.328 e. The fourth-order valence-corrected chi connectivity index (χ4v) is 2.36. The van der Waals surface area contributed by atoms with Crippen LogP contribution in [0.5, 0.6) is 0 Å². The topological polar surface area (TPSA) is 83.5 Å². The summed E-state index contributed by atoms with van der Waals surface area (Å²) in [6, 6.07) is 6.64. The molecule has 0 aliphatic heterocycles. The van der Waals surface area contributed by atoms with Crippen LogP contribution in [0.4, 0.5) is 0 Å². The Labute approximate surface area is 126 Å². The summed E-state index contributed by atoms with van der Waals surface area (Å²) in [7, 11) is -0.872. The second kappa shape index (κ2) is 8.36. The van der Waals surface area contributed by atoms with Gasteiger partial charge in [0.15, 0.2) is 0 Å². The SMILES string of the molecule is CC(CCS(C)=O)NC(=O)c1cccc(/C=C/C(=O)O)c1. The monoisotopic (exact) mass is 309 g/mol. The van der Waals surface area contributed by atoms with Crippen molar-refractivity contribution in [2.24, 2.45) is 0 Å². The maximum atomic E-state index is 12.1. The lowest BCUT2D eigenvalue weighted by molar-refractivity contribution is -0.131. The van der Waals surface area contributed by atoms with E-state index in [0.29, 0.717) is 23.3 Å². The number of aliphatic carboxylic acids is 1. The van der Waals surface area contributed by atoms with Crippen LogP contribution in [0.1, 0.15) is 29.3 Å². The predicted octanol–water partition coefficient (Wildman–Crippen LogP) is 1.67. The molecule has 2 unspecified atom stereocenters. The number of carboxylic acids is 1. The first-order valence-electron chi connectivity index (χ1n) is 6.50. The van der Waals surface area contributed by atoms with E-state index in [1.54, 1.807) is 30.5 Å². The van der Waals surface area contributed by atoms with Crippen LogP contribution in [-0.2, 0) is 15.6 Å². The zero-order chi connectivity index (χ0) is 15.8. The molecule has 0 fully saturated rings. The Hall–Kier alpha value is -1.95. The van der Waals surface area contributed by atoms with Crippen LogP contribution in [0.3, 0.4) is 0 Å². The number of carbonyl (C=O) groups excluding carboxylic acids is 1. The zero-order valence-electron chi connectivity index (χ0n) is 12.0. The standard InChI is InChI=1S/C15H19NO4S/c1-11(8-9-21(2)20)16-15(19)13-5-3-4-12(10-13)6-7-14(17)18/h3-7,10-11H,8-9H2,1-2H3,(H,16,19)(H,17,18)/b7-6+. The van der Waals surface area contributed by atoms with Crippen molar-refractivity contribution >= 4 is 28.8 Å². The minimum Gasteiger partial charge on any atom is -0.478 e. The molecule has 2 N–H and O–H groups in total. The third-order valence-corrected chi connectivity index (χ3v) is 3.59. The first-order valence-corrected chi connectivity index (χ1v) is 8.23. The molecule has 5 nitrogen and oxygen atoms in total. The molecule has 114 valence electrons. The first-order chi connectivity index (χ1) is 9.88. The first kappa shape index (κ1) is 17.1. The largest absolute Gasteiger partial charge is 0.478 e. The van der Waals surface area contributed by atoms with Gasteiger partial charge in [-0.2, -0.15) is 0 Å². The summed E-state index contributed by atoms with van der Waals surface area (Å²) in [6.45, 7) is 1.86. The summed E-state index contributed by atoms with van der Waals surface area (Å²) in [5.41, 5.74) is 1.11. The van der Waals surface area contributed by atoms with Crippen molar-refractivity contribution in [3.05, 3.63) is 41.5 Å². The lowest BCUT2D eigenvalue weighted by atomic mass is 10.1. The lowest BCUT2D eigenvalue weighted by Gasteiger charge is -2.13. The van der Waals surface area contributed by atoms with Gasteiger partial charge in [0.1, 0.15) is 0 Å². The molecule has 1 amide bonds. The Morgan fingerprint density at radius 3 is 2.76 bits per heavy atom. The molecule has 1 rings (SSSR count). The molecule has 1 aromatic rings. The van der Waals surface area contributed by atoms with Gasteiger partial charge < -0.3 is 10.4 Å². The number of rotatable bonds is 7. The highest BCUT2D eigenvalue weighted by Crippen LogP contribution is 2.08. The summed E-state index contributed by atoms with van der Waals surface area (Å²) >= 11 is 0. The van der Waals surface area contributed by atoms with Gasteiger partial charge in [-0.05, 0) is 37.1 Å². The van der Waals surface area contributed by atoms with Crippen LogP contribution >= 0.6 is 0 Å². The number of benzene rings is 1. The van der Waals surface area contributed by atoms with Crippen LogP contribution in [0, 0.1) is 0 Å². The molecule has 0 aliphatic rings. The van der Waals surface area contributed by atoms with Crippen LogP contribution in [0.25, 0.3) is 6.08 Å². The normalized spacial score (nSPS) is 13.8. The molecular weight excluding hydrogens is 290 g/mol. The maximum absolute atomic E-state index is 12.1. The molecule has 0 heterocycles. The van der Waals surface area contributed by atoms with E-state index in [9.17, 15) is 13.8 Å². The minimum absolute atomic E-state index is 0.0698. The number of carboxylic acid groups (broad SMARTS) is 1. The van der Waals surface area contributed by atoms with Gasteiger partial charge in [-0.3, -0.25) is 9.00 Å². The molecule has 0 saturated heterocycles. The van der Waals surface area contributed by atoms with E-state index in [4.69, 9.17) is 5.11 Å². The van der Waals surface area contributed by atoms with E-state index < -0.39 is 16.8 Å². The quantitative estimate of drug-likeness (QED) is 0.751. The Bertz CT molecular complexity index is 569. The van der Waals surface area contributed by atoms with Gasteiger partial charge in [-0.1, -0.05) is 12.1 Å². The summed E-state index contributed by atoms with van der Waals surface area (Å²) in [6.07, 6.45) is 4.74. The molecule has 21 heavy (non-hydrogen) atoms. The van der Waals surface area contributed by atoms with Crippen molar-refractivity contribution in [3.8, 4) is 0 Å². The third kappa shape index (κ3) is 6.85. The molecule has 2 atom stereocenters. The summed E-state index contributed by atoms with van der Waals surface area (Å²) in [5.74, 6) is -0.718. The Morgan fingerprint density at radius 1 is 1.43 bits per heavy atom. The van der Waals surface area contributed by atoms with Crippen molar-refractivity contribution < 1.29 is 18.9 Å². The van der Waals surface area contributed by atoms with Crippen molar-refractivity contribution in [1.29, 1.82) is 0 Å². The highest BCUT2D eigenvalue weighted by Gasteiger charge is 2.10. The Balaban J connectivity index is 2.67. The van der Waals surface area contributed by atoms with E-state index in [1.165, 1.54) is 6.08 Å². The van der Waals surface area contributed by atoms with Gasteiger partial charge in [0.05, 0.1) is 0 Å². The van der Waals surface area contributed by atoms with E-state index in [1.807, 2.05) is 6.92 Å².